The van der Waals surface area contributed by atoms with Crippen molar-refractivity contribution >= 4 is 28.5 Å². The van der Waals surface area contributed by atoms with Gasteiger partial charge in [-0.2, -0.15) is 0 Å². The highest BCUT2D eigenvalue weighted by Crippen LogP contribution is 2.39. The van der Waals surface area contributed by atoms with Crippen LogP contribution in [0.15, 0.2) is 65.2 Å². The molecule has 2 amide bonds. The Morgan fingerprint density at radius 1 is 1.02 bits per heavy atom. The molecular formula is C31H27F2N5O3. The van der Waals surface area contributed by atoms with E-state index in [0.29, 0.717) is 29.9 Å². The first-order valence-electron chi connectivity index (χ1n) is 13.3. The van der Waals surface area contributed by atoms with Gasteiger partial charge in [-0.15, -0.1) is 0 Å². The molecule has 1 aliphatic heterocycles. The lowest BCUT2D eigenvalue weighted by molar-refractivity contribution is -0.120. The zero-order valence-corrected chi connectivity index (χ0v) is 22.5. The molecule has 10 heteroatoms. The molecule has 1 atom stereocenters. The average Bonchev–Trinajstić information content (AvgIpc) is 3.49. The summed E-state index contributed by atoms with van der Waals surface area (Å²) in [5.74, 6) is -1.36. The number of amides is 2. The number of hydrogen-bond acceptors (Lipinski definition) is 5. The lowest BCUT2D eigenvalue weighted by atomic mass is 9.99. The molecule has 1 saturated heterocycles. The van der Waals surface area contributed by atoms with Crippen molar-refractivity contribution in [3.8, 4) is 16.8 Å². The second kappa shape index (κ2) is 10.3. The van der Waals surface area contributed by atoms with Gasteiger partial charge in [0.15, 0.2) is 11.6 Å². The van der Waals surface area contributed by atoms with Gasteiger partial charge in [-0.1, -0.05) is 23.4 Å². The van der Waals surface area contributed by atoms with Crippen LogP contribution in [0.4, 0.5) is 14.5 Å². The number of aryl methyl sites for hydroxylation is 2. The lowest BCUT2D eigenvalue weighted by Gasteiger charge is -2.35. The second-order valence-corrected chi connectivity index (χ2v) is 10.3. The summed E-state index contributed by atoms with van der Waals surface area (Å²) in [7, 11) is 0. The lowest BCUT2D eigenvalue weighted by Crippen LogP contribution is -2.39. The molecule has 0 radical (unpaired) electrons. The van der Waals surface area contributed by atoms with Gasteiger partial charge in [0.05, 0.1) is 29.2 Å². The number of rotatable bonds is 6. The minimum atomic E-state index is -1.03. The summed E-state index contributed by atoms with van der Waals surface area (Å²) in [4.78, 5) is 31.3. The van der Waals surface area contributed by atoms with E-state index in [4.69, 9.17) is 15.2 Å². The van der Waals surface area contributed by atoms with Crippen molar-refractivity contribution in [3.05, 3.63) is 95.1 Å². The van der Waals surface area contributed by atoms with E-state index in [1.807, 2.05) is 60.9 Å². The standard InChI is InChI=1S/C31H27F2N5O3/c1-17-30(18(2)41-36-17)20-8-13-26-25(15-20)35-31(38(26)21-9-6-19(7-10-21)14-28(34)39)27-4-3-5-29(40)37(27)22-11-12-23(32)24(33)16-22/h6-13,15-16,27H,3-5,14H2,1-2H3,(H2,34,39)/t27-/m0/s1. The van der Waals surface area contributed by atoms with Crippen LogP contribution < -0.4 is 10.6 Å². The van der Waals surface area contributed by atoms with Crippen LogP contribution in [0.3, 0.4) is 0 Å². The minimum absolute atomic E-state index is 0.111. The van der Waals surface area contributed by atoms with Gasteiger partial charge in [-0.05, 0) is 74.2 Å². The maximum Gasteiger partial charge on any atom is 0.227 e. The van der Waals surface area contributed by atoms with Gasteiger partial charge < -0.3 is 15.2 Å². The van der Waals surface area contributed by atoms with E-state index >= 15 is 0 Å². The van der Waals surface area contributed by atoms with Crippen molar-refractivity contribution < 1.29 is 22.9 Å². The molecule has 3 heterocycles. The fraction of sp³-hybridized carbons (Fsp3) is 0.226. The zero-order chi connectivity index (χ0) is 28.8. The molecule has 5 aromatic rings. The number of nitrogens with two attached hydrogens (primary N) is 1. The Hall–Kier alpha value is -4.86. The van der Waals surface area contributed by atoms with Gasteiger partial charge >= 0.3 is 0 Å². The molecule has 208 valence electrons. The molecule has 6 rings (SSSR count). The van der Waals surface area contributed by atoms with E-state index in [1.165, 1.54) is 11.0 Å². The van der Waals surface area contributed by atoms with Gasteiger partial charge in [0, 0.05) is 29.4 Å². The number of halogens is 2. The summed E-state index contributed by atoms with van der Waals surface area (Å²) in [5.41, 5.74) is 11.2. The third-order valence-corrected chi connectivity index (χ3v) is 7.50. The number of hydrogen-bond donors (Lipinski definition) is 1. The highest BCUT2D eigenvalue weighted by Gasteiger charge is 2.35. The molecule has 0 aliphatic carbocycles. The Morgan fingerprint density at radius 2 is 1.78 bits per heavy atom. The quantitative estimate of drug-likeness (QED) is 0.282. The van der Waals surface area contributed by atoms with Crippen molar-refractivity contribution in [3.63, 3.8) is 0 Å². The molecule has 0 bridgehead atoms. The molecule has 1 fully saturated rings. The van der Waals surface area contributed by atoms with Crippen molar-refractivity contribution in [1.29, 1.82) is 0 Å². The van der Waals surface area contributed by atoms with Crippen molar-refractivity contribution in [2.75, 3.05) is 4.90 Å². The number of imidazole rings is 1. The number of fused-ring (bicyclic) bond motifs is 1. The monoisotopic (exact) mass is 555 g/mol. The Labute approximate surface area is 234 Å². The van der Waals surface area contributed by atoms with Gasteiger partial charge in [-0.3, -0.25) is 14.2 Å². The Morgan fingerprint density at radius 3 is 2.46 bits per heavy atom. The Bertz CT molecular complexity index is 1790. The number of nitrogens with zero attached hydrogens (tertiary/aromatic N) is 4. The molecule has 0 spiro atoms. The van der Waals surface area contributed by atoms with Gasteiger partial charge in [-0.25, -0.2) is 13.8 Å². The highest BCUT2D eigenvalue weighted by atomic mass is 19.2. The van der Waals surface area contributed by atoms with E-state index in [9.17, 15) is 18.4 Å². The number of primary amides is 1. The van der Waals surface area contributed by atoms with E-state index in [2.05, 4.69) is 5.16 Å². The topological polar surface area (TPSA) is 107 Å². The smallest absolute Gasteiger partial charge is 0.227 e. The zero-order valence-electron chi connectivity index (χ0n) is 22.5. The highest BCUT2D eigenvalue weighted by molar-refractivity contribution is 5.95. The van der Waals surface area contributed by atoms with Crippen LogP contribution in [0.1, 0.15) is 48.1 Å². The van der Waals surface area contributed by atoms with Crippen LogP contribution in [0.2, 0.25) is 0 Å². The van der Waals surface area contributed by atoms with E-state index < -0.39 is 23.6 Å². The molecule has 1 aliphatic rings. The van der Waals surface area contributed by atoms with E-state index in [-0.39, 0.29) is 24.4 Å². The predicted molar refractivity (Wildman–Crippen MR) is 149 cm³/mol. The molecule has 2 aromatic heterocycles. The average molecular weight is 556 g/mol. The van der Waals surface area contributed by atoms with Crippen LogP contribution in [0.25, 0.3) is 27.8 Å². The Balaban J connectivity index is 1.55. The van der Waals surface area contributed by atoms with Gasteiger partial charge in [0.25, 0.3) is 0 Å². The SMILES string of the molecule is Cc1noc(C)c1-c1ccc2c(c1)nc([C@@H]1CCCC(=O)N1c1ccc(F)c(F)c1)n2-c1ccc(CC(N)=O)cc1. The summed E-state index contributed by atoms with van der Waals surface area (Å²) in [5, 5.41) is 4.08. The molecule has 0 saturated carbocycles. The van der Waals surface area contributed by atoms with Crippen LogP contribution in [0.5, 0.6) is 0 Å². The van der Waals surface area contributed by atoms with E-state index in [1.54, 1.807) is 0 Å². The fourth-order valence-electron chi connectivity index (χ4n) is 5.68. The second-order valence-electron chi connectivity index (χ2n) is 10.3. The fourth-order valence-corrected chi connectivity index (χ4v) is 5.68. The maximum absolute atomic E-state index is 14.3. The van der Waals surface area contributed by atoms with Crippen molar-refractivity contribution in [2.45, 2.75) is 45.6 Å². The number of benzene rings is 3. The van der Waals surface area contributed by atoms with Crippen LogP contribution in [-0.2, 0) is 16.0 Å². The summed E-state index contributed by atoms with van der Waals surface area (Å²) in [6.45, 7) is 3.73. The van der Waals surface area contributed by atoms with Crippen molar-refractivity contribution in [2.24, 2.45) is 5.73 Å². The molecule has 0 unspecified atom stereocenters. The van der Waals surface area contributed by atoms with Gasteiger partial charge in [0.1, 0.15) is 11.6 Å². The van der Waals surface area contributed by atoms with Crippen LogP contribution >= 0.6 is 0 Å². The number of piperidine rings is 1. The number of carbonyl (C=O) groups is 2. The summed E-state index contributed by atoms with van der Waals surface area (Å²) >= 11 is 0. The van der Waals surface area contributed by atoms with Crippen molar-refractivity contribution in [1.82, 2.24) is 14.7 Å². The predicted octanol–water partition coefficient (Wildman–Crippen LogP) is 5.86. The molecule has 8 nitrogen and oxygen atoms in total. The van der Waals surface area contributed by atoms with Crippen LogP contribution in [-0.4, -0.2) is 26.5 Å². The van der Waals surface area contributed by atoms with E-state index in [0.717, 1.165) is 45.7 Å². The van der Waals surface area contributed by atoms with Gasteiger partial charge in [0.2, 0.25) is 11.8 Å². The number of carbonyl (C=O) groups excluding carboxylic acids is 2. The molecule has 3 aromatic carbocycles. The summed E-state index contributed by atoms with van der Waals surface area (Å²) in [6, 6.07) is 16.2. The summed E-state index contributed by atoms with van der Waals surface area (Å²) in [6.07, 6.45) is 1.59. The third-order valence-electron chi connectivity index (χ3n) is 7.50. The maximum atomic E-state index is 14.3. The molecule has 2 N–H and O–H groups in total. The number of anilines is 1. The molecular weight excluding hydrogens is 528 g/mol. The molecule has 41 heavy (non-hydrogen) atoms. The normalized spacial score (nSPS) is 15.6. The first-order valence-corrected chi connectivity index (χ1v) is 13.3. The summed E-state index contributed by atoms with van der Waals surface area (Å²) < 4.78 is 35.4. The first-order chi connectivity index (χ1) is 19.7. The first kappa shape index (κ1) is 26.4. The third kappa shape index (κ3) is 4.75. The largest absolute Gasteiger partial charge is 0.369 e. The van der Waals surface area contributed by atoms with Crippen LogP contribution in [0, 0.1) is 25.5 Å². The Kier molecular flexibility index (Phi) is 6.61. The number of aromatic nitrogens is 3. The minimum Gasteiger partial charge on any atom is -0.369 e.